The van der Waals surface area contributed by atoms with Gasteiger partial charge < -0.3 is 35.6 Å². The summed E-state index contributed by atoms with van der Waals surface area (Å²) >= 11 is 2.86. The zero-order chi connectivity index (χ0) is 29.2. The molecule has 0 spiro atoms. The molecule has 3 heterocycles. The van der Waals surface area contributed by atoms with Crippen molar-refractivity contribution in [1.29, 1.82) is 0 Å². The van der Waals surface area contributed by atoms with Crippen LogP contribution in [0.5, 0.6) is 17.2 Å². The van der Waals surface area contributed by atoms with E-state index >= 15 is 0 Å². The van der Waals surface area contributed by atoms with Crippen LogP contribution in [-0.2, 0) is 0 Å². The van der Waals surface area contributed by atoms with E-state index in [1.807, 2.05) is 54.0 Å². The van der Waals surface area contributed by atoms with Gasteiger partial charge >= 0.3 is 0 Å². The van der Waals surface area contributed by atoms with Gasteiger partial charge in [0.05, 0.1) is 27.0 Å². The lowest BCUT2D eigenvalue weighted by Gasteiger charge is -2.14. The Morgan fingerprint density at radius 2 is 1.74 bits per heavy atom. The van der Waals surface area contributed by atoms with Gasteiger partial charge in [-0.1, -0.05) is 23.5 Å². The number of carbonyl (C=O) groups is 1. The van der Waals surface area contributed by atoms with Gasteiger partial charge in [-0.05, 0) is 36.4 Å². The Balaban J connectivity index is 1.20. The van der Waals surface area contributed by atoms with E-state index in [2.05, 4.69) is 20.6 Å². The van der Waals surface area contributed by atoms with E-state index in [1.54, 1.807) is 39.5 Å². The monoisotopic (exact) mass is 598 g/mol. The number of fused-ring (bicyclic) bond motifs is 1. The summed E-state index contributed by atoms with van der Waals surface area (Å²) in [6, 6.07) is 18.7. The quantitative estimate of drug-likeness (QED) is 0.139. The number of anilines is 4. The number of rotatable bonds is 9. The van der Waals surface area contributed by atoms with Gasteiger partial charge in [0.15, 0.2) is 16.6 Å². The van der Waals surface area contributed by atoms with Crippen molar-refractivity contribution in [3.8, 4) is 38.4 Å². The number of methoxy groups -OCH3 is 3. The number of nitrogens with two attached hydrogens (primary N) is 1. The lowest BCUT2D eigenvalue weighted by Crippen LogP contribution is -2.11. The highest BCUT2D eigenvalue weighted by atomic mass is 32.1. The number of H-pyrrole nitrogens is 1. The average Bonchev–Trinajstić information content (AvgIpc) is 3.76. The second-order valence-electron chi connectivity index (χ2n) is 9.12. The topological polar surface area (TPSA) is 136 Å². The maximum Gasteiger partial charge on any atom is 0.255 e. The molecule has 3 aromatic heterocycles. The highest BCUT2D eigenvalue weighted by Gasteiger charge is 2.18. The number of nitrogen functional groups attached to an aromatic ring is 1. The minimum absolute atomic E-state index is 0.182. The maximum atomic E-state index is 12.9. The number of carbonyl (C=O) groups excluding carboxylic acids is 1. The molecule has 5 N–H and O–H groups in total. The van der Waals surface area contributed by atoms with E-state index < -0.39 is 0 Å². The molecule has 0 aliphatic rings. The Kier molecular flexibility index (Phi) is 7.38. The van der Waals surface area contributed by atoms with Crippen LogP contribution in [0.4, 0.5) is 22.3 Å². The molecule has 0 fully saturated rings. The van der Waals surface area contributed by atoms with Gasteiger partial charge in [-0.3, -0.25) is 4.79 Å². The van der Waals surface area contributed by atoms with Crippen LogP contribution in [0.25, 0.3) is 32.0 Å². The Morgan fingerprint density at radius 1 is 0.929 bits per heavy atom. The normalized spacial score (nSPS) is 10.9. The summed E-state index contributed by atoms with van der Waals surface area (Å²) < 4.78 is 16.3. The summed E-state index contributed by atoms with van der Waals surface area (Å²) in [6.07, 6.45) is 1.85. The largest absolute Gasteiger partial charge is 0.493 e. The lowest BCUT2D eigenvalue weighted by atomic mass is 10.1. The smallest absolute Gasteiger partial charge is 0.255 e. The Hall–Kier alpha value is -5.07. The molecule has 42 heavy (non-hydrogen) atoms. The molecule has 10 nitrogen and oxygen atoms in total. The van der Waals surface area contributed by atoms with Crippen molar-refractivity contribution >= 4 is 61.8 Å². The molecule has 0 saturated heterocycles. The second-order valence-corrected chi connectivity index (χ2v) is 11.0. The van der Waals surface area contributed by atoms with Crippen LogP contribution in [0.3, 0.4) is 0 Å². The van der Waals surface area contributed by atoms with Gasteiger partial charge in [-0.2, -0.15) is 0 Å². The lowest BCUT2D eigenvalue weighted by molar-refractivity contribution is 0.102. The molecule has 0 bridgehead atoms. The minimum atomic E-state index is -0.182. The summed E-state index contributed by atoms with van der Waals surface area (Å²) in [5.41, 5.74) is 10.9. The number of hydrogen-bond acceptors (Lipinski definition) is 10. The molecule has 212 valence electrons. The first-order valence-corrected chi connectivity index (χ1v) is 14.4. The molecule has 0 unspecified atom stereocenters. The van der Waals surface area contributed by atoms with Crippen LogP contribution in [0.15, 0.2) is 72.2 Å². The summed E-state index contributed by atoms with van der Waals surface area (Å²) in [6.45, 7) is 0. The third-order valence-electron chi connectivity index (χ3n) is 6.50. The molecule has 0 aliphatic carbocycles. The van der Waals surface area contributed by atoms with Crippen molar-refractivity contribution in [1.82, 2.24) is 15.0 Å². The van der Waals surface area contributed by atoms with E-state index in [0.717, 1.165) is 32.0 Å². The summed E-state index contributed by atoms with van der Waals surface area (Å²) in [5, 5.41) is 10.5. The van der Waals surface area contributed by atoms with E-state index in [1.165, 1.54) is 22.7 Å². The SMILES string of the molecule is COc1cc(Nc2nc(N)c(-c3nc(-c4cccc(NC(=O)c5ccc6[nH]ccc6c5)c4)cs3)s2)cc(OC)c1OC. The molecule has 0 aliphatic heterocycles. The van der Waals surface area contributed by atoms with Crippen LogP contribution < -0.4 is 30.6 Å². The average molecular weight is 599 g/mol. The molecule has 6 rings (SSSR count). The molecule has 1 amide bonds. The first kappa shape index (κ1) is 27.1. The van der Waals surface area contributed by atoms with Crippen LogP contribution in [0.1, 0.15) is 10.4 Å². The fourth-order valence-corrected chi connectivity index (χ4v) is 6.31. The van der Waals surface area contributed by atoms with Crippen LogP contribution in [0.2, 0.25) is 0 Å². The number of thiazole rings is 2. The van der Waals surface area contributed by atoms with Gasteiger partial charge in [0.25, 0.3) is 5.91 Å². The maximum absolute atomic E-state index is 12.9. The molecule has 12 heteroatoms. The number of benzene rings is 3. The third kappa shape index (κ3) is 5.32. The fourth-order valence-electron chi connectivity index (χ4n) is 4.48. The van der Waals surface area contributed by atoms with Crippen LogP contribution in [0, 0.1) is 0 Å². The summed E-state index contributed by atoms with van der Waals surface area (Å²) in [5.74, 6) is 1.74. The zero-order valence-corrected chi connectivity index (χ0v) is 24.5. The highest BCUT2D eigenvalue weighted by molar-refractivity contribution is 7.23. The molecule has 0 radical (unpaired) electrons. The number of nitrogens with one attached hydrogen (secondary N) is 3. The van der Waals surface area contributed by atoms with Crippen LogP contribution >= 0.6 is 22.7 Å². The third-order valence-corrected chi connectivity index (χ3v) is 8.48. The van der Waals surface area contributed by atoms with Crippen molar-refractivity contribution in [3.63, 3.8) is 0 Å². The van der Waals surface area contributed by atoms with Gasteiger partial charge in [-0.25, -0.2) is 9.97 Å². The first-order valence-electron chi connectivity index (χ1n) is 12.7. The molecular weight excluding hydrogens is 573 g/mol. The number of hydrogen-bond donors (Lipinski definition) is 4. The van der Waals surface area contributed by atoms with Crippen molar-refractivity contribution in [2.24, 2.45) is 0 Å². The standard InChI is InChI=1S/C30H26N6O4S2/c1-38-23-13-20(14-24(39-2)25(23)40-3)34-30-36-27(31)26(42-30)29-35-22(15-41-29)16-5-4-6-19(12-16)33-28(37)18-7-8-21-17(11-18)9-10-32-21/h4-15,32H,31H2,1-3H3,(H,33,37)(H,34,36). The molecular formula is C30H26N6O4S2. The van der Waals surface area contributed by atoms with Crippen molar-refractivity contribution < 1.29 is 19.0 Å². The number of aromatic amines is 1. The summed E-state index contributed by atoms with van der Waals surface area (Å²) in [4.78, 5) is 26.1. The first-order chi connectivity index (χ1) is 20.4. The Morgan fingerprint density at radius 3 is 2.50 bits per heavy atom. The van der Waals surface area contributed by atoms with Gasteiger partial charge in [-0.15, -0.1) is 11.3 Å². The second kappa shape index (κ2) is 11.4. The zero-order valence-electron chi connectivity index (χ0n) is 22.8. The number of aromatic nitrogens is 3. The Bertz CT molecular complexity index is 1890. The van der Waals surface area contributed by atoms with Crippen molar-refractivity contribution in [2.75, 3.05) is 37.7 Å². The fraction of sp³-hybridized carbons (Fsp3) is 0.100. The van der Waals surface area contributed by atoms with Crippen LogP contribution in [-0.4, -0.2) is 42.2 Å². The van der Waals surface area contributed by atoms with Gasteiger partial charge in [0.2, 0.25) is 5.75 Å². The summed E-state index contributed by atoms with van der Waals surface area (Å²) in [7, 11) is 4.68. The number of nitrogens with zero attached hydrogens (tertiary/aromatic N) is 2. The van der Waals surface area contributed by atoms with Gasteiger partial charge in [0.1, 0.15) is 15.7 Å². The van der Waals surface area contributed by atoms with E-state index in [-0.39, 0.29) is 5.91 Å². The van der Waals surface area contributed by atoms with Gasteiger partial charge in [0, 0.05) is 57.1 Å². The van der Waals surface area contributed by atoms with Crippen molar-refractivity contribution in [3.05, 3.63) is 77.8 Å². The number of amides is 1. The van der Waals surface area contributed by atoms with E-state index in [9.17, 15) is 4.79 Å². The highest BCUT2D eigenvalue weighted by Crippen LogP contribution is 2.43. The minimum Gasteiger partial charge on any atom is -0.493 e. The van der Waals surface area contributed by atoms with E-state index in [4.69, 9.17) is 24.9 Å². The molecule has 3 aromatic carbocycles. The number of ether oxygens (including phenoxy) is 3. The predicted octanol–water partition coefficient (Wildman–Crippen LogP) is 7.02. The molecule has 0 saturated carbocycles. The molecule has 6 aromatic rings. The molecule has 0 atom stereocenters. The van der Waals surface area contributed by atoms with E-state index in [0.29, 0.717) is 45.1 Å². The van der Waals surface area contributed by atoms with Crippen molar-refractivity contribution in [2.45, 2.75) is 0 Å². The Labute approximate surface area is 249 Å². The predicted molar refractivity (Wildman–Crippen MR) is 169 cm³/mol.